The van der Waals surface area contributed by atoms with E-state index in [-0.39, 0.29) is 18.6 Å². The molecular weight excluding hydrogens is 410 g/mol. The third kappa shape index (κ3) is 9.56. The van der Waals surface area contributed by atoms with Crippen LogP contribution in [0.4, 0.5) is 0 Å². The molecule has 4 amide bonds. The van der Waals surface area contributed by atoms with E-state index in [0.29, 0.717) is 0 Å². The van der Waals surface area contributed by atoms with Crippen LogP contribution in [0.15, 0.2) is 0 Å². The lowest BCUT2D eigenvalue weighted by atomic mass is 10.1. The number of carbonyl (C=O) groups is 5. The fourth-order valence-corrected chi connectivity index (χ4v) is 2.28. The van der Waals surface area contributed by atoms with E-state index in [0.717, 1.165) is 6.92 Å². The molecule has 0 saturated carbocycles. The molecule has 0 heterocycles. The topological polar surface area (TPSA) is 234 Å². The van der Waals surface area contributed by atoms with Gasteiger partial charge >= 0.3 is 5.97 Å². The predicted molar refractivity (Wildman–Crippen MR) is 102 cm³/mol. The van der Waals surface area contributed by atoms with Crippen molar-refractivity contribution < 1.29 is 39.3 Å². The third-order valence-corrected chi connectivity index (χ3v) is 4.07. The van der Waals surface area contributed by atoms with Crippen LogP contribution in [0.3, 0.4) is 0 Å². The number of amides is 4. The second-order valence-corrected chi connectivity index (χ2v) is 6.53. The van der Waals surface area contributed by atoms with Crippen molar-refractivity contribution in [3.05, 3.63) is 0 Å². The fourth-order valence-electron chi connectivity index (χ4n) is 2.03. The fraction of sp³-hybridized carbons (Fsp3) is 0.667. The molecule has 10 N–H and O–H groups in total. The maximum absolute atomic E-state index is 12.4. The Kier molecular flexibility index (Phi) is 11.8. The Balaban J connectivity index is 5.30. The summed E-state index contributed by atoms with van der Waals surface area (Å²) in [6.07, 6.45) is -2.01. The number of thiol groups is 1. The number of aliphatic carboxylic acids is 1. The molecule has 5 unspecified atom stereocenters. The minimum absolute atomic E-state index is 0.189. The molecule has 0 aliphatic carbocycles. The van der Waals surface area contributed by atoms with Crippen LogP contribution >= 0.6 is 12.6 Å². The highest BCUT2D eigenvalue weighted by atomic mass is 32.1. The van der Waals surface area contributed by atoms with E-state index in [1.165, 1.54) is 0 Å². The largest absolute Gasteiger partial charge is 0.480 e. The first-order valence-corrected chi connectivity index (χ1v) is 9.15. The maximum Gasteiger partial charge on any atom is 0.328 e. The Hall–Kier alpha value is -2.42. The van der Waals surface area contributed by atoms with Crippen molar-refractivity contribution in [3.63, 3.8) is 0 Å². The van der Waals surface area contributed by atoms with Crippen molar-refractivity contribution in [2.45, 2.75) is 50.0 Å². The van der Waals surface area contributed by atoms with Crippen LogP contribution in [0.5, 0.6) is 0 Å². The minimum atomic E-state index is -1.65. The summed E-state index contributed by atoms with van der Waals surface area (Å²) in [6, 6.07) is -5.55. The molecule has 0 aliphatic heterocycles. The number of hydrogen-bond acceptors (Lipinski definition) is 9. The number of carboxylic acids is 1. The molecule has 0 aromatic carbocycles. The molecular formula is C15H27N5O8S. The summed E-state index contributed by atoms with van der Waals surface area (Å²) in [4.78, 5) is 58.7. The lowest BCUT2D eigenvalue weighted by molar-refractivity contribution is -0.145. The molecule has 0 saturated heterocycles. The number of aliphatic hydroxyl groups excluding tert-OH is 2. The Morgan fingerprint density at radius 2 is 1.52 bits per heavy atom. The van der Waals surface area contributed by atoms with Crippen molar-refractivity contribution in [3.8, 4) is 0 Å². The van der Waals surface area contributed by atoms with Gasteiger partial charge in [0.25, 0.3) is 0 Å². The molecule has 13 nitrogen and oxygen atoms in total. The van der Waals surface area contributed by atoms with Crippen LogP contribution in [0.25, 0.3) is 0 Å². The van der Waals surface area contributed by atoms with Gasteiger partial charge in [-0.15, -0.1) is 0 Å². The van der Waals surface area contributed by atoms with Gasteiger partial charge in [-0.3, -0.25) is 19.2 Å². The monoisotopic (exact) mass is 437 g/mol. The molecule has 0 aliphatic rings. The van der Waals surface area contributed by atoms with Gasteiger partial charge in [-0.25, -0.2) is 4.79 Å². The highest BCUT2D eigenvalue weighted by Crippen LogP contribution is 2.02. The van der Waals surface area contributed by atoms with Gasteiger partial charge in [-0.2, -0.15) is 12.6 Å². The molecule has 29 heavy (non-hydrogen) atoms. The summed E-state index contributed by atoms with van der Waals surface area (Å²) in [5.74, 6) is -5.15. The number of carboxylic acid groups (broad SMARTS) is 1. The van der Waals surface area contributed by atoms with Gasteiger partial charge in [0.2, 0.25) is 23.6 Å². The zero-order chi connectivity index (χ0) is 22.7. The van der Waals surface area contributed by atoms with Crippen LogP contribution in [0.2, 0.25) is 0 Å². The molecule has 0 aromatic heterocycles. The minimum Gasteiger partial charge on any atom is -0.480 e. The van der Waals surface area contributed by atoms with Crippen LogP contribution in [-0.2, 0) is 24.0 Å². The molecule has 0 fully saturated rings. The number of nitrogens with two attached hydrogens (primary N) is 2. The second-order valence-electron chi connectivity index (χ2n) is 6.16. The molecule has 0 rings (SSSR count). The van der Waals surface area contributed by atoms with Crippen LogP contribution in [0.1, 0.15) is 19.8 Å². The van der Waals surface area contributed by atoms with E-state index in [1.54, 1.807) is 0 Å². The molecule has 14 heteroatoms. The standard InChI is InChI=1S/C15H27N5O8S/c1-6(22)11(15(27)28)20-13(25)8(2-3-10(17)23)18-14(26)9(5-29)19-12(24)7(16)4-21/h6-9,11,21-22,29H,2-5,16H2,1H3,(H2,17,23)(H,18,26)(H,19,24)(H,20,25)(H,27,28). The molecule has 0 spiro atoms. The van der Waals surface area contributed by atoms with Gasteiger partial charge in [-0.05, 0) is 13.3 Å². The van der Waals surface area contributed by atoms with Gasteiger partial charge in [0.15, 0.2) is 6.04 Å². The van der Waals surface area contributed by atoms with Gasteiger partial charge in [0, 0.05) is 12.2 Å². The zero-order valence-electron chi connectivity index (χ0n) is 15.7. The van der Waals surface area contributed by atoms with Gasteiger partial charge < -0.3 is 42.7 Å². The van der Waals surface area contributed by atoms with Crippen molar-refractivity contribution in [1.29, 1.82) is 0 Å². The highest BCUT2D eigenvalue weighted by Gasteiger charge is 2.31. The molecule has 0 aromatic rings. The Labute approximate surface area is 172 Å². The Bertz CT molecular complexity index is 618. The first-order chi connectivity index (χ1) is 13.4. The molecule has 0 radical (unpaired) electrons. The van der Waals surface area contributed by atoms with Crippen molar-refractivity contribution >= 4 is 42.2 Å². The Morgan fingerprint density at radius 3 is 1.93 bits per heavy atom. The van der Waals surface area contributed by atoms with E-state index in [9.17, 15) is 29.1 Å². The van der Waals surface area contributed by atoms with Gasteiger partial charge in [0.1, 0.15) is 18.1 Å². The van der Waals surface area contributed by atoms with Crippen molar-refractivity contribution in [2.24, 2.45) is 11.5 Å². The number of rotatable bonds is 13. The normalized spacial score (nSPS) is 15.9. The highest BCUT2D eigenvalue weighted by molar-refractivity contribution is 7.80. The first-order valence-electron chi connectivity index (χ1n) is 8.52. The Morgan fingerprint density at radius 1 is 1.00 bits per heavy atom. The average Bonchev–Trinajstić information content (AvgIpc) is 2.65. The quantitative estimate of drug-likeness (QED) is 0.126. The first kappa shape index (κ1) is 26.6. The summed E-state index contributed by atoms with van der Waals surface area (Å²) < 4.78 is 0. The number of hydrogen-bond donors (Lipinski definition) is 9. The lowest BCUT2D eigenvalue weighted by Crippen LogP contribution is -2.59. The molecule has 5 atom stereocenters. The van der Waals surface area contributed by atoms with E-state index < -0.39 is 66.5 Å². The van der Waals surface area contributed by atoms with E-state index in [1.807, 2.05) is 0 Å². The third-order valence-electron chi connectivity index (χ3n) is 3.71. The number of aliphatic hydroxyl groups is 2. The number of nitrogens with one attached hydrogen (secondary N) is 3. The van der Waals surface area contributed by atoms with Crippen LogP contribution < -0.4 is 27.4 Å². The van der Waals surface area contributed by atoms with Gasteiger partial charge in [0.05, 0.1) is 12.7 Å². The summed E-state index contributed by atoms with van der Waals surface area (Å²) in [5.41, 5.74) is 10.4. The predicted octanol–water partition coefficient (Wildman–Crippen LogP) is -4.58. The summed E-state index contributed by atoms with van der Waals surface area (Å²) >= 11 is 3.93. The number of primary amides is 1. The lowest BCUT2D eigenvalue weighted by Gasteiger charge is -2.25. The SMILES string of the molecule is CC(O)C(NC(=O)C(CCC(N)=O)NC(=O)C(CS)NC(=O)C(N)CO)C(=O)O. The summed E-state index contributed by atoms with van der Waals surface area (Å²) in [6.45, 7) is 0.485. The van der Waals surface area contributed by atoms with Gasteiger partial charge in [-0.1, -0.05) is 0 Å². The number of carbonyl (C=O) groups excluding carboxylic acids is 4. The van der Waals surface area contributed by atoms with E-state index in [4.69, 9.17) is 21.7 Å². The van der Waals surface area contributed by atoms with Crippen molar-refractivity contribution in [1.82, 2.24) is 16.0 Å². The summed E-state index contributed by atoms with van der Waals surface area (Å²) in [7, 11) is 0. The molecule has 166 valence electrons. The maximum atomic E-state index is 12.4. The zero-order valence-corrected chi connectivity index (χ0v) is 16.6. The van der Waals surface area contributed by atoms with E-state index >= 15 is 0 Å². The molecule has 0 bridgehead atoms. The van der Waals surface area contributed by atoms with Crippen molar-refractivity contribution in [2.75, 3.05) is 12.4 Å². The summed E-state index contributed by atoms with van der Waals surface area (Å²) in [5, 5.41) is 33.9. The van der Waals surface area contributed by atoms with Crippen LogP contribution in [0, 0.1) is 0 Å². The second kappa shape index (κ2) is 12.9. The van der Waals surface area contributed by atoms with E-state index in [2.05, 4.69) is 28.6 Å². The average molecular weight is 437 g/mol. The van der Waals surface area contributed by atoms with Crippen LogP contribution in [-0.4, -0.2) is 87.5 Å². The smallest absolute Gasteiger partial charge is 0.328 e.